The van der Waals surface area contributed by atoms with Gasteiger partial charge in [0.25, 0.3) is 11.6 Å². The molecule has 1 fully saturated rings. The van der Waals surface area contributed by atoms with E-state index in [0.29, 0.717) is 24.1 Å². The molecular weight excluding hydrogens is 446 g/mol. The number of non-ortho nitro benzene ring substituents is 1. The van der Waals surface area contributed by atoms with Gasteiger partial charge in [0.15, 0.2) is 0 Å². The quantitative estimate of drug-likeness (QED) is 0.400. The van der Waals surface area contributed by atoms with Gasteiger partial charge in [-0.2, -0.15) is 5.26 Å². The zero-order valence-electron chi connectivity index (χ0n) is 19.4. The third-order valence-electron chi connectivity index (χ3n) is 6.66. The fraction of sp³-hybridized carbons (Fsp3) is 0.346. The zero-order chi connectivity index (χ0) is 24.9. The van der Waals surface area contributed by atoms with Gasteiger partial charge in [0.1, 0.15) is 11.7 Å². The van der Waals surface area contributed by atoms with Crippen LogP contribution >= 0.6 is 0 Å². The molecule has 2 N–H and O–H groups in total. The van der Waals surface area contributed by atoms with E-state index in [1.807, 2.05) is 41.9 Å². The smallest absolute Gasteiger partial charge is 0.269 e. The highest BCUT2D eigenvalue weighted by atomic mass is 16.6. The Labute approximate surface area is 202 Å². The molecule has 0 saturated heterocycles. The Morgan fingerprint density at radius 3 is 2.57 bits per heavy atom. The van der Waals surface area contributed by atoms with Crippen molar-refractivity contribution in [2.75, 3.05) is 0 Å². The number of nitrogens with zero attached hydrogens (tertiary/aromatic N) is 3. The van der Waals surface area contributed by atoms with Gasteiger partial charge >= 0.3 is 0 Å². The lowest BCUT2D eigenvalue weighted by molar-refractivity contribution is -0.384. The molecule has 0 aliphatic heterocycles. The maximum atomic E-state index is 13.1. The van der Waals surface area contributed by atoms with Gasteiger partial charge in [-0.3, -0.25) is 19.7 Å². The van der Waals surface area contributed by atoms with Crippen LogP contribution in [0.25, 0.3) is 10.9 Å². The van der Waals surface area contributed by atoms with E-state index in [1.165, 1.54) is 12.1 Å². The molecular formula is C26H27N5O4. The number of para-hydroxylation sites is 1. The zero-order valence-corrected chi connectivity index (χ0v) is 19.4. The Hall–Kier alpha value is -4.19. The van der Waals surface area contributed by atoms with Crippen molar-refractivity contribution in [1.29, 1.82) is 5.26 Å². The van der Waals surface area contributed by atoms with Crippen LogP contribution in [0.2, 0.25) is 0 Å². The van der Waals surface area contributed by atoms with E-state index < -0.39 is 16.9 Å². The highest BCUT2D eigenvalue weighted by Gasteiger charge is 2.33. The SMILES string of the molecule is Cn1c(C(=O)N[C@H]2CCCC[C@H]2C(=O)N[C@H](C#N)Cc2ccc([N+](=O)[O-])cc2)cc2ccccc21. The van der Waals surface area contributed by atoms with E-state index in [-0.39, 0.29) is 30.0 Å². The predicted octanol–water partition coefficient (Wildman–Crippen LogP) is 3.63. The summed E-state index contributed by atoms with van der Waals surface area (Å²) in [7, 11) is 1.85. The molecule has 3 atom stereocenters. The summed E-state index contributed by atoms with van der Waals surface area (Å²) in [5.74, 6) is -0.924. The van der Waals surface area contributed by atoms with Crippen LogP contribution in [0.1, 0.15) is 41.7 Å². The van der Waals surface area contributed by atoms with Crippen LogP contribution in [0.4, 0.5) is 5.69 Å². The molecule has 0 unspecified atom stereocenters. The topological polar surface area (TPSA) is 130 Å². The second kappa shape index (κ2) is 10.4. The van der Waals surface area contributed by atoms with Crippen LogP contribution in [0, 0.1) is 27.4 Å². The van der Waals surface area contributed by atoms with E-state index in [2.05, 4.69) is 16.7 Å². The molecule has 0 spiro atoms. The summed E-state index contributed by atoms with van der Waals surface area (Å²) in [6, 6.07) is 16.5. The monoisotopic (exact) mass is 473 g/mol. The minimum Gasteiger partial charge on any atom is -0.347 e. The van der Waals surface area contributed by atoms with Gasteiger partial charge in [-0.15, -0.1) is 0 Å². The van der Waals surface area contributed by atoms with Crippen LogP contribution in [0.15, 0.2) is 54.6 Å². The maximum Gasteiger partial charge on any atom is 0.269 e. The van der Waals surface area contributed by atoms with E-state index in [9.17, 15) is 25.0 Å². The Bertz CT molecular complexity index is 1290. The second-order valence-electron chi connectivity index (χ2n) is 8.94. The maximum absolute atomic E-state index is 13.1. The number of nitriles is 1. The van der Waals surface area contributed by atoms with Crippen molar-refractivity contribution >= 4 is 28.4 Å². The Kier molecular flexibility index (Phi) is 7.11. The number of amides is 2. The average molecular weight is 474 g/mol. The van der Waals surface area contributed by atoms with Gasteiger partial charge in [0, 0.05) is 42.5 Å². The first kappa shape index (κ1) is 24.0. The minimum atomic E-state index is -0.777. The molecule has 0 radical (unpaired) electrons. The fourth-order valence-electron chi connectivity index (χ4n) is 4.76. The molecule has 2 aromatic carbocycles. The first-order valence-electron chi connectivity index (χ1n) is 11.7. The lowest BCUT2D eigenvalue weighted by Crippen LogP contribution is -2.50. The summed E-state index contributed by atoms with van der Waals surface area (Å²) in [6.45, 7) is 0. The Balaban J connectivity index is 1.42. The van der Waals surface area contributed by atoms with E-state index >= 15 is 0 Å². The van der Waals surface area contributed by atoms with Crippen molar-refractivity contribution in [2.45, 2.75) is 44.2 Å². The van der Waals surface area contributed by atoms with Gasteiger partial charge < -0.3 is 15.2 Å². The Morgan fingerprint density at radius 2 is 1.89 bits per heavy atom. The molecule has 0 bridgehead atoms. The number of carbonyl (C=O) groups excluding carboxylic acids is 2. The van der Waals surface area contributed by atoms with Crippen LogP contribution in [0.3, 0.4) is 0 Å². The van der Waals surface area contributed by atoms with Crippen LogP contribution < -0.4 is 10.6 Å². The van der Waals surface area contributed by atoms with Crippen molar-refractivity contribution in [3.63, 3.8) is 0 Å². The average Bonchev–Trinajstić information content (AvgIpc) is 3.21. The van der Waals surface area contributed by atoms with Gasteiger partial charge in [0.05, 0.1) is 16.9 Å². The molecule has 180 valence electrons. The number of fused-ring (bicyclic) bond motifs is 1. The first-order chi connectivity index (χ1) is 16.9. The highest BCUT2D eigenvalue weighted by Crippen LogP contribution is 2.26. The van der Waals surface area contributed by atoms with Crippen molar-refractivity contribution in [2.24, 2.45) is 13.0 Å². The first-order valence-corrected chi connectivity index (χ1v) is 11.7. The molecule has 9 nitrogen and oxygen atoms in total. The molecule has 9 heteroatoms. The van der Waals surface area contributed by atoms with E-state index in [0.717, 1.165) is 23.7 Å². The van der Waals surface area contributed by atoms with Crippen molar-refractivity contribution in [3.05, 3.63) is 76.0 Å². The molecule has 35 heavy (non-hydrogen) atoms. The number of nitrogens with one attached hydrogen (secondary N) is 2. The summed E-state index contributed by atoms with van der Waals surface area (Å²) >= 11 is 0. The molecule has 1 saturated carbocycles. The summed E-state index contributed by atoms with van der Waals surface area (Å²) in [5, 5.41) is 27.3. The lowest BCUT2D eigenvalue weighted by Gasteiger charge is -2.31. The largest absolute Gasteiger partial charge is 0.347 e. The number of aromatic nitrogens is 1. The predicted molar refractivity (Wildman–Crippen MR) is 130 cm³/mol. The molecule has 2 amide bonds. The summed E-state index contributed by atoms with van der Waals surface area (Å²) < 4.78 is 1.85. The lowest BCUT2D eigenvalue weighted by atomic mass is 9.83. The molecule has 4 rings (SSSR count). The highest BCUT2D eigenvalue weighted by molar-refractivity contribution is 5.99. The Morgan fingerprint density at radius 1 is 1.17 bits per heavy atom. The molecule has 1 aliphatic rings. The van der Waals surface area contributed by atoms with Crippen molar-refractivity contribution < 1.29 is 14.5 Å². The summed E-state index contributed by atoms with van der Waals surface area (Å²) in [4.78, 5) is 36.6. The van der Waals surface area contributed by atoms with Crippen LogP contribution in [-0.2, 0) is 18.3 Å². The third-order valence-corrected chi connectivity index (χ3v) is 6.66. The number of aryl methyl sites for hydroxylation is 1. The fourth-order valence-corrected chi connectivity index (χ4v) is 4.76. The number of hydrogen-bond acceptors (Lipinski definition) is 5. The number of rotatable bonds is 7. The normalized spacial score (nSPS) is 18.4. The van der Waals surface area contributed by atoms with E-state index in [4.69, 9.17) is 0 Å². The van der Waals surface area contributed by atoms with Crippen molar-refractivity contribution in [3.8, 4) is 6.07 Å². The van der Waals surface area contributed by atoms with Gasteiger partial charge in [-0.1, -0.05) is 43.2 Å². The van der Waals surface area contributed by atoms with E-state index in [1.54, 1.807) is 12.1 Å². The molecule has 3 aromatic rings. The number of nitro groups is 1. The van der Waals surface area contributed by atoms with Crippen molar-refractivity contribution in [1.82, 2.24) is 15.2 Å². The summed E-state index contributed by atoms with van der Waals surface area (Å²) in [6.07, 6.45) is 3.33. The number of hydrogen-bond donors (Lipinski definition) is 2. The third kappa shape index (κ3) is 5.32. The molecule has 1 heterocycles. The van der Waals surface area contributed by atoms with Gasteiger partial charge in [-0.05, 0) is 30.5 Å². The number of nitro benzene ring substituents is 1. The van der Waals surface area contributed by atoms with Gasteiger partial charge in [0.2, 0.25) is 5.91 Å². The summed E-state index contributed by atoms with van der Waals surface area (Å²) in [5.41, 5.74) is 2.17. The van der Waals surface area contributed by atoms with Crippen LogP contribution in [0.5, 0.6) is 0 Å². The van der Waals surface area contributed by atoms with Crippen LogP contribution in [-0.4, -0.2) is 33.4 Å². The molecule has 1 aliphatic carbocycles. The minimum absolute atomic E-state index is 0.0294. The number of benzene rings is 2. The standard InChI is InChI=1S/C26H27N5O4/c1-30-23-9-5-2-6-18(23)15-24(30)26(33)29-22-8-4-3-7-21(22)25(32)28-19(16-27)14-17-10-12-20(13-11-17)31(34)35/h2,5-6,9-13,15,19,21-22H,3-4,7-8,14H2,1H3,(H,28,32)(H,29,33)/t19-,21+,22-/m0/s1. The second-order valence-corrected chi connectivity index (χ2v) is 8.94. The molecule has 1 aromatic heterocycles. The number of carbonyl (C=O) groups is 2. The van der Waals surface area contributed by atoms with Gasteiger partial charge in [-0.25, -0.2) is 0 Å².